The predicted molar refractivity (Wildman–Crippen MR) is 88.1 cm³/mol. The molecule has 1 aliphatic heterocycles. The lowest BCUT2D eigenvalue weighted by Crippen LogP contribution is -2.61. The maximum atomic E-state index is 3.91. The van der Waals surface area contributed by atoms with Crippen LogP contribution < -0.4 is 5.32 Å². The molecular weight excluding hydrogens is 244 g/mol. The largest absolute Gasteiger partial charge is 0.312 e. The molecule has 1 heterocycles. The van der Waals surface area contributed by atoms with E-state index in [0.717, 1.165) is 12.1 Å². The molecule has 2 nitrogen and oxygen atoms in total. The third kappa shape index (κ3) is 3.57. The van der Waals surface area contributed by atoms with Gasteiger partial charge in [-0.3, -0.25) is 4.90 Å². The molecule has 0 bridgehead atoms. The van der Waals surface area contributed by atoms with Crippen LogP contribution in [0.25, 0.3) is 0 Å². The van der Waals surface area contributed by atoms with E-state index < -0.39 is 0 Å². The standard InChI is InChI=1S/C18H36N2/c1-5-13-19-17-16(11-9-12-18(17,3)4)20-14-8-7-10-15(20)6-2/h15-17,19H,5-14H2,1-4H3. The number of hydrogen-bond donors (Lipinski definition) is 1. The number of nitrogens with zero attached hydrogens (tertiary/aromatic N) is 1. The Morgan fingerprint density at radius 1 is 1.10 bits per heavy atom. The third-order valence-electron chi connectivity index (χ3n) is 5.73. The molecule has 1 aliphatic carbocycles. The fourth-order valence-electron chi connectivity index (χ4n) is 4.58. The highest BCUT2D eigenvalue weighted by atomic mass is 15.2. The van der Waals surface area contributed by atoms with E-state index in [2.05, 4.69) is 37.9 Å². The average Bonchev–Trinajstić information content (AvgIpc) is 2.45. The second-order valence-electron chi connectivity index (χ2n) is 7.68. The van der Waals surface area contributed by atoms with Crippen molar-refractivity contribution in [3.63, 3.8) is 0 Å². The van der Waals surface area contributed by atoms with Crippen molar-refractivity contribution < 1.29 is 0 Å². The van der Waals surface area contributed by atoms with E-state index >= 15 is 0 Å². The molecule has 2 rings (SSSR count). The number of hydrogen-bond acceptors (Lipinski definition) is 2. The summed E-state index contributed by atoms with van der Waals surface area (Å²) in [6.45, 7) is 12.1. The van der Waals surface area contributed by atoms with Crippen molar-refractivity contribution in [2.75, 3.05) is 13.1 Å². The van der Waals surface area contributed by atoms with Crippen molar-refractivity contribution in [3.05, 3.63) is 0 Å². The Morgan fingerprint density at radius 2 is 1.90 bits per heavy atom. The van der Waals surface area contributed by atoms with Crippen LogP contribution in [0, 0.1) is 5.41 Å². The van der Waals surface area contributed by atoms with E-state index in [-0.39, 0.29) is 0 Å². The van der Waals surface area contributed by atoms with Gasteiger partial charge in [0.1, 0.15) is 0 Å². The lowest BCUT2D eigenvalue weighted by Gasteiger charge is -2.52. The van der Waals surface area contributed by atoms with Crippen LogP contribution in [0.4, 0.5) is 0 Å². The summed E-state index contributed by atoms with van der Waals surface area (Å²) in [5.74, 6) is 0. The predicted octanol–water partition coefficient (Wildman–Crippen LogP) is 4.20. The average molecular weight is 280 g/mol. The maximum Gasteiger partial charge on any atom is 0.0274 e. The number of likely N-dealkylation sites (tertiary alicyclic amines) is 1. The van der Waals surface area contributed by atoms with Crippen LogP contribution >= 0.6 is 0 Å². The Kier molecular flexibility index (Phi) is 5.92. The SMILES string of the molecule is CCCNC1C(N2CCCCC2CC)CCCC1(C)C. The molecule has 0 aromatic carbocycles. The zero-order valence-electron chi connectivity index (χ0n) is 14.3. The van der Waals surface area contributed by atoms with Gasteiger partial charge in [0.15, 0.2) is 0 Å². The highest BCUT2D eigenvalue weighted by Crippen LogP contribution is 2.39. The molecular formula is C18H36N2. The van der Waals surface area contributed by atoms with E-state index in [1.54, 1.807) is 0 Å². The first-order valence-corrected chi connectivity index (χ1v) is 9.09. The molecule has 3 atom stereocenters. The highest BCUT2D eigenvalue weighted by molar-refractivity contribution is 5.00. The van der Waals surface area contributed by atoms with Crippen LogP contribution in [-0.4, -0.2) is 36.1 Å². The van der Waals surface area contributed by atoms with Crippen LogP contribution in [0.1, 0.15) is 79.1 Å². The minimum Gasteiger partial charge on any atom is -0.312 e. The second-order valence-corrected chi connectivity index (χ2v) is 7.68. The second kappa shape index (κ2) is 7.26. The summed E-state index contributed by atoms with van der Waals surface area (Å²) in [6.07, 6.45) is 11.1. The molecule has 118 valence electrons. The lowest BCUT2D eigenvalue weighted by atomic mass is 9.69. The van der Waals surface area contributed by atoms with E-state index in [1.807, 2.05) is 0 Å². The monoisotopic (exact) mass is 280 g/mol. The summed E-state index contributed by atoms with van der Waals surface area (Å²) in [5.41, 5.74) is 0.452. The summed E-state index contributed by atoms with van der Waals surface area (Å²) in [4.78, 5) is 2.89. The Labute approximate surface area is 126 Å². The topological polar surface area (TPSA) is 15.3 Å². The van der Waals surface area contributed by atoms with Gasteiger partial charge in [0.25, 0.3) is 0 Å². The first kappa shape index (κ1) is 16.3. The molecule has 0 spiro atoms. The third-order valence-corrected chi connectivity index (χ3v) is 5.73. The minimum absolute atomic E-state index is 0.452. The van der Waals surface area contributed by atoms with Gasteiger partial charge in [0.05, 0.1) is 0 Å². The van der Waals surface area contributed by atoms with Crippen molar-refractivity contribution in [3.8, 4) is 0 Å². The summed E-state index contributed by atoms with van der Waals surface area (Å²) >= 11 is 0. The summed E-state index contributed by atoms with van der Waals surface area (Å²) in [7, 11) is 0. The number of rotatable bonds is 5. The first-order valence-electron chi connectivity index (χ1n) is 9.09. The molecule has 0 aromatic heterocycles. The van der Waals surface area contributed by atoms with Crippen molar-refractivity contribution in [2.24, 2.45) is 5.41 Å². The molecule has 2 fully saturated rings. The highest BCUT2D eigenvalue weighted by Gasteiger charge is 2.42. The van der Waals surface area contributed by atoms with Crippen LogP contribution in [0.5, 0.6) is 0 Å². The molecule has 0 radical (unpaired) electrons. The molecule has 2 heteroatoms. The van der Waals surface area contributed by atoms with Crippen molar-refractivity contribution in [1.82, 2.24) is 10.2 Å². The minimum atomic E-state index is 0.452. The molecule has 20 heavy (non-hydrogen) atoms. The molecule has 3 unspecified atom stereocenters. The Morgan fingerprint density at radius 3 is 2.60 bits per heavy atom. The van der Waals surface area contributed by atoms with Crippen LogP contribution in [0.3, 0.4) is 0 Å². The van der Waals surface area contributed by atoms with Gasteiger partial charge in [-0.1, -0.05) is 40.5 Å². The smallest absolute Gasteiger partial charge is 0.0274 e. The van der Waals surface area contributed by atoms with Gasteiger partial charge in [-0.25, -0.2) is 0 Å². The molecule has 1 saturated heterocycles. The van der Waals surface area contributed by atoms with Gasteiger partial charge in [-0.05, 0) is 57.0 Å². The van der Waals surface area contributed by atoms with Gasteiger partial charge in [-0.15, -0.1) is 0 Å². The zero-order chi connectivity index (χ0) is 14.6. The van der Waals surface area contributed by atoms with Gasteiger partial charge in [0.2, 0.25) is 0 Å². The molecule has 1 N–H and O–H groups in total. The molecule has 2 aliphatic rings. The van der Waals surface area contributed by atoms with E-state index in [1.165, 1.54) is 64.5 Å². The lowest BCUT2D eigenvalue weighted by molar-refractivity contribution is 0.00597. The Balaban J connectivity index is 2.12. The van der Waals surface area contributed by atoms with Gasteiger partial charge in [0, 0.05) is 18.1 Å². The summed E-state index contributed by atoms with van der Waals surface area (Å²) in [6, 6.07) is 2.30. The summed E-state index contributed by atoms with van der Waals surface area (Å²) in [5, 5.41) is 3.91. The van der Waals surface area contributed by atoms with Crippen LogP contribution in [-0.2, 0) is 0 Å². The molecule has 1 saturated carbocycles. The van der Waals surface area contributed by atoms with Crippen molar-refractivity contribution >= 4 is 0 Å². The van der Waals surface area contributed by atoms with Crippen molar-refractivity contribution in [2.45, 2.75) is 97.2 Å². The maximum absolute atomic E-state index is 3.91. The molecule has 0 aromatic rings. The van der Waals surface area contributed by atoms with Gasteiger partial charge in [-0.2, -0.15) is 0 Å². The Hall–Kier alpha value is -0.0800. The van der Waals surface area contributed by atoms with E-state index in [9.17, 15) is 0 Å². The fourth-order valence-corrected chi connectivity index (χ4v) is 4.58. The normalized spacial score (nSPS) is 35.1. The number of piperidine rings is 1. The zero-order valence-corrected chi connectivity index (χ0v) is 14.3. The summed E-state index contributed by atoms with van der Waals surface area (Å²) < 4.78 is 0. The first-order chi connectivity index (χ1) is 9.60. The van der Waals surface area contributed by atoms with Gasteiger partial charge < -0.3 is 5.32 Å². The van der Waals surface area contributed by atoms with E-state index in [4.69, 9.17) is 0 Å². The number of nitrogens with one attached hydrogen (secondary N) is 1. The van der Waals surface area contributed by atoms with E-state index in [0.29, 0.717) is 11.5 Å². The Bertz CT molecular complexity index is 287. The van der Waals surface area contributed by atoms with Gasteiger partial charge >= 0.3 is 0 Å². The fraction of sp³-hybridized carbons (Fsp3) is 1.00. The molecule has 0 amide bonds. The van der Waals surface area contributed by atoms with Crippen LogP contribution in [0.15, 0.2) is 0 Å². The van der Waals surface area contributed by atoms with Crippen molar-refractivity contribution in [1.29, 1.82) is 0 Å². The quantitative estimate of drug-likeness (QED) is 0.812. The van der Waals surface area contributed by atoms with Crippen LogP contribution in [0.2, 0.25) is 0 Å².